The number of nitrogens with one attached hydrogen (secondary N) is 1. The molecule has 1 aromatic rings. The van der Waals surface area contributed by atoms with Crippen LogP contribution in [0.15, 0.2) is 30.3 Å². The molecule has 2 nitrogen and oxygen atoms in total. The van der Waals surface area contributed by atoms with Gasteiger partial charge in [-0.3, -0.25) is 0 Å². The first kappa shape index (κ1) is 14.1. The van der Waals surface area contributed by atoms with Crippen molar-refractivity contribution in [3.8, 4) is 0 Å². The molecule has 1 N–H and O–H groups in total. The smallest absolute Gasteiger partial charge is 0.00788 e. The average molecular weight is 272 g/mol. The van der Waals surface area contributed by atoms with E-state index in [1.165, 1.54) is 57.4 Å². The zero-order valence-electron chi connectivity index (χ0n) is 12.7. The topological polar surface area (TPSA) is 15.3 Å². The fourth-order valence-electron chi connectivity index (χ4n) is 3.62. The molecule has 0 amide bonds. The van der Waals surface area contributed by atoms with E-state index in [1.54, 1.807) is 0 Å². The van der Waals surface area contributed by atoms with E-state index in [4.69, 9.17) is 0 Å². The van der Waals surface area contributed by atoms with Crippen molar-refractivity contribution in [3.05, 3.63) is 35.9 Å². The minimum absolute atomic E-state index is 0.768. The van der Waals surface area contributed by atoms with Gasteiger partial charge in [0.2, 0.25) is 0 Å². The van der Waals surface area contributed by atoms with Crippen LogP contribution in [-0.2, 0) is 0 Å². The Kier molecular flexibility index (Phi) is 4.74. The fourth-order valence-corrected chi connectivity index (χ4v) is 3.62. The van der Waals surface area contributed by atoms with E-state index in [1.807, 2.05) is 0 Å². The van der Waals surface area contributed by atoms with Gasteiger partial charge in [-0.1, -0.05) is 37.3 Å². The Morgan fingerprint density at radius 2 is 1.80 bits per heavy atom. The van der Waals surface area contributed by atoms with Crippen LogP contribution in [0.25, 0.3) is 0 Å². The molecule has 1 aliphatic carbocycles. The lowest BCUT2D eigenvalue weighted by Crippen LogP contribution is -2.44. The van der Waals surface area contributed by atoms with Gasteiger partial charge in [0, 0.05) is 6.04 Å². The highest BCUT2D eigenvalue weighted by molar-refractivity contribution is 5.22. The maximum atomic E-state index is 3.80. The average Bonchev–Trinajstić information content (AvgIpc) is 2.47. The molecular formula is C18H28N2. The molecule has 0 atom stereocenters. The van der Waals surface area contributed by atoms with Crippen molar-refractivity contribution in [2.24, 2.45) is 5.92 Å². The molecule has 1 aliphatic heterocycles. The van der Waals surface area contributed by atoms with Crippen LogP contribution in [-0.4, -0.2) is 37.1 Å². The Balaban J connectivity index is 1.34. The van der Waals surface area contributed by atoms with Gasteiger partial charge in [-0.15, -0.1) is 0 Å². The largest absolute Gasteiger partial charge is 0.314 e. The lowest BCUT2D eigenvalue weighted by atomic mass is 9.75. The normalized spacial score (nSPS) is 28.2. The highest BCUT2D eigenvalue weighted by Crippen LogP contribution is 2.36. The second-order valence-corrected chi connectivity index (χ2v) is 6.56. The van der Waals surface area contributed by atoms with Crippen molar-refractivity contribution in [1.29, 1.82) is 0 Å². The number of likely N-dealkylation sites (tertiary alicyclic amines) is 1. The molecular weight excluding hydrogens is 244 g/mol. The van der Waals surface area contributed by atoms with Crippen LogP contribution in [0.1, 0.15) is 44.1 Å². The van der Waals surface area contributed by atoms with Crippen molar-refractivity contribution in [1.82, 2.24) is 10.2 Å². The zero-order valence-corrected chi connectivity index (χ0v) is 12.7. The molecule has 0 radical (unpaired) electrons. The third-order valence-corrected chi connectivity index (χ3v) is 5.26. The van der Waals surface area contributed by atoms with Crippen molar-refractivity contribution < 1.29 is 0 Å². The molecule has 110 valence electrons. The van der Waals surface area contributed by atoms with Gasteiger partial charge in [0.05, 0.1) is 0 Å². The molecule has 0 aromatic heterocycles. The van der Waals surface area contributed by atoms with Gasteiger partial charge in [0.25, 0.3) is 0 Å². The number of rotatable bonds is 5. The molecule has 1 aromatic carbocycles. The minimum Gasteiger partial charge on any atom is -0.314 e. The van der Waals surface area contributed by atoms with Gasteiger partial charge in [-0.05, 0) is 69.3 Å². The van der Waals surface area contributed by atoms with Crippen LogP contribution in [0.3, 0.4) is 0 Å². The first-order valence-electron chi connectivity index (χ1n) is 8.36. The van der Waals surface area contributed by atoms with Gasteiger partial charge in [0.1, 0.15) is 0 Å². The zero-order chi connectivity index (χ0) is 13.8. The first-order chi connectivity index (χ1) is 9.85. The van der Waals surface area contributed by atoms with Crippen LogP contribution >= 0.6 is 0 Å². The molecule has 3 rings (SSSR count). The van der Waals surface area contributed by atoms with E-state index in [9.17, 15) is 0 Å². The Bertz CT molecular complexity index is 389. The Morgan fingerprint density at radius 1 is 1.10 bits per heavy atom. The van der Waals surface area contributed by atoms with Crippen molar-refractivity contribution >= 4 is 0 Å². The summed E-state index contributed by atoms with van der Waals surface area (Å²) in [5.74, 6) is 1.71. The van der Waals surface area contributed by atoms with E-state index in [2.05, 4.69) is 47.5 Å². The highest BCUT2D eigenvalue weighted by atomic mass is 15.1. The quantitative estimate of drug-likeness (QED) is 0.885. The molecule has 2 heteroatoms. The summed E-state index contributed by atoms with van der Waals surface area (Å²) in [4.78, 5) is 2.57. The monoisotopic (exact) mass is 272 g/mol. The SMILES string of the molecule is CCN1CCC(CNC2CC(c3ccccc3)C2)CC1. The number of benzene rings is 1. The molecule has 2 aliphatic rings. The van der Waals surface area contributed by atoms with Gasteiger partial charge in [-0.2, -0.15) is 0 Å². The third kappa shape index (κ3) is 3.42. The third-order valence-electron chi connectivity index (χ3n) is 5.26. The Labute approximate surface area is 123 Å². The van der Waals surface area contributed by atoms with Crippen LogP contribution in [0.5, 0.6) is 0 Å². The number of hydrogen-bond donors (Lipinski definition) is 1. The lowest BCUT2D eigenvalue weighted by Gasteiger charge is -2.38. The van der Waals surface area contributed by atoms with Crippen molar-refractivity contribution in [2.45, 2.75) is 44.6 Å². The summed E-state index contributed by atoms with van der Waals surface area (Å²) in [5, 5.41) is 3.80. The van der Waals surface area contributed by atoms with E-state index in [0.717, 1.165) is 17.9 Å². The highest BCUT2D eigenvalue weighted by Gasteiger charge is 2.30. The number of hydrogen-bond acceptors (Lipinski definition) is 2. The summed E-state index contributed by atoms with van der Waals surface area (Å²) < 4.78 is 0. The van der Waals surface area contributed by atoms with Crippen LogP contribution in [0.4, 0.5) is 0 Å². The van der Waals surface area contributed by atoms with Gasteiger partial charge in [-0.25, -0.2) is 0 Å². The predicted molar refractivity (Wildman–Crippen MR) is 85.0 cm³/mol. The second kappa shape index (κ2) is 6.73. The number of piperidine rings is 1. The van der Waals surface area contributed by atoms with Gasteiger partial charge >= 0.3 is 0 Å². The maximum absolute atomic E-state index is 3.80. The van der Waals surface area contributed by atoms with Crippen LogP contribution in [0, 0.1) is 5.92 Å². The molecule has 0 spiro atoms. The molecule has 1 saturated carbocycles. The van der Waals surface area contributed by atoms with Crippen LogP contribution < -0.4 is 5.32 Å². The van der Waals surface area contributed by atoms with E-state index < -0.39 is 0 Å². The fraction of sp³-hybridized carbons (Fsp3) is 0.667. The number of nitrogens with zero attached hydrogens (tertiary/aromatic N) is 1. The molecule has 2 fully saturated rings. The summed E-state index contributed by atoms with van der Waals surface area (Å²) in [6, 6.07) is 11.8. The molecule has 1 saturated heterocycles. The first-order valence-corrected chi connectivity index (χ1v) is 8.36. The van der Waals surface area contributed by atoms with Crippen molar-refractivity contribution in [3.63, 3.8) is 0 Å². The molecule has 0 unspecified atom stereocenters. The van der Waals surface area contributed by atoms with E-state index >= 15 is 0 Å². The van der Waals surface area contributed by atoms with E-state index in [0.29, 0.717) is 0 Å². The van der Waals surface area contributed by atoms with Crippen molar-refractivity contribution in [2.75, 3.05) is 26.2 Å². The molecule has 0 bridgehead atoms. The maximum Gasteiger partial charge on any atom is 0.00788 e. The predicted octanol–water partition coefficient (Wildman–Crippen LogP) is 3.25. The van der Waals surface area contributed by atoms with Crippen LogP contribution in [0.2, 0.25) is 0 Å². The minimum atomic E-state index is 0.768. The summed E-state index contributed by atoms with van der Waals surface area (Å²) in [6.07, 6.45) is 5.43. The Hall–Kier alpha value is -0.860. The summed E-state index contributed by atoms with van der Waals surface area (Å²) in [5.41, 5.74) is 1.53. The molecule has 20 heavy (non-hydrogen) atoms. The molecule has 1 heterocycles. The summed E-state index contributed by atoms with van der Waals surface area (Å²) >= 11 is 0. The Morgan fingerprint density at radius 3 is 2.45 bits per heavy atom. The summed E-state index contributed by atoms with van der Waals surface area (Å²) in [6.45, 7) is 7.35. The summed E-state index contributed by atoms with van der Waals surface area (Å²) in [7, 11) is 0. The second-order valence-electron chi connectivity index (χ2n) is 6.56. The lowest BCUT2D eigenvalue weighted by molar-refractivity contribution is 0.179. The van der Waals surface area contributed by atoms with Gasteiger partial charge < -0.3 is 10.2 Å². The standard InChI is InChI=1S/C18H28N2/c1-2-20-10-8-15(9-11-20)14-19-18-12-17(13-18)16-6-4-3-5-7-16/h3-7,15,17-19H,2,8-14H2,1H3. The van der Waals surface area contributed by atoms with Gasteiger partial charge in [0.15, 0.2) is 0 Å². The van der Waals surface area contributed by atoms with E-state index in [-0.39, 0.29) is 0 Å².